The summed E-state index contributed by atoms with van der Waals surface area (Å²) in [6, 6.07) is 0. The quantitative estimate of drug-likeness (QED) is 0.756. The predicted octanol–water partition coefficient (Wildman–Crippen LogP) is 1.76. The zero-order valence-electron chi connectivity index (χ0n) is 11.9. The molecule has 2 atom stereocenters. The van der Waals surface area contributed by atoms with Crippen LogP contribution in [-0.4, -0.2) is 20.2 Å². The largest absolute Gasteiger partial charge is 0.380 e. The molecule has 0 radical (unpaired) electrons. The Morgan fingerprint density at radius 2 is 1.60 bits per heavy atom. The molecule has 2 unspecified atom stereocenters. The Bertz CT molecular complexity index is 753. The average molecular weight is 270 g/mol. The SMILES string of the molecule is CC12CCC(c3nc4c(N)nnc(N)c4nc31)C2(C)C. The molecule has 2 aromatic rings. The van der Waals surface area contributed by atoms with Crippen LogP contribution in [0.5, 0.6) is 0 Å². The number of anilines is 2. The normalized spacial score (nSPS) is 29.9. The molecule has 0 aliphatic heterocycles. The van der Waals surface area contributed by atoms with Crippen molar-refractivity contribution in [1.82, 2.24) is 20.2 Å². The van der Waals surface area contributed by atoms with E-state index in [1.54, 1.807) is 0 Å². The van der Waals surface area contributed by atoms with Gasteiger partial charge in [0, 0.05) is 11.3 Å². The fraction of sp³-hybridized carbons (Fsp3) is 0.571. The molecule has 2 aliphatic carbocycles. The second kappa shape index (κ2) is 3.19. The Morgan fingerprint density at radius 1 is 1.00 bits per heavy atom. The number of hydrogen-bond acceptors (Lipinski definition) is 6. The second-order valence-electron chi connectivity index (χ2n) is 6.77. The van der Waals surface area contributed by atoms with E-state index in [4.69, 9.17) is 21.4 Å². The lowest BCUT2D eigenvalue weighted by atomic mass is 9.70. The Kier molecular flexibility index (Phi) is 1.88. The number of nitrogens with zero attached hydrogens (tertiary/aromatic N) is 4. The van der Waals surface area contributed by atoms with Gasteiger partial charge in [-0.25, -0.2) is 9.97 Å². The fourth-order valence-corrected chi connectivity index (χ4v) is 4.06. The average Bonchev–Trinajstić information content (AvgIpc) is 2.73. The number of nitrogen functional groups attached to an aromatic ring is 2. The van der Waals surface area contributed by atoms with Crippen LogP contribution in [0.4, 0.5) is 11.6 Å². The molecule has 1 saturated carbocycles. The number of hydrogen-bond donors (Lipinski definition) is 2. The van der Waals surface area contributed by atoms with E-state index in [1.807, 2.05) is 0 Å². The van der Waals surface area contributed by atoms with E-state index in [9.17, 15) is 0 Å². The molecule has 0 saturated heterocycles. The van der Waals surface area contributed by atoms with Gasteiger partial charge in [0.1, 0.15) is 11.0 Å². The molecule has 6 nitrogen and oxygen atoms in total. The van der Waals surface area contributed by atoms with Gasteiger partial charge in [0.05, 0.1) is 11.4 Å². The smallest absolute Gasteiger partial charge is 0.174 e. The van der Waals surface area contributed by atoms with Gasteiger partial charge in [-0.15, -0.1) is 10.2 Å². The summed E-state index contributed by atoms with van der Waals surface area (Å²) in [7, 11) is 0. The first-order valence-electron chi connectivity index (χ1n) is 6.96. The summed E-state index contributed by atoms with van der Waals surface area (Å²) in [6.07, 6.45) is 2.30. The van der Waals surface area contributed by atoms with Crippen LogP contribution in [0.2, 0.25) is 0 Å². The first-order chi connectivity index (χ1) is 9.36. The molecule has 4 N–H and O–H groups in total. The van der Waals surface area contributed by atoms with Gasteiger partial charge in [0.25, 0.3) is 0 Å². The van der Waals surface area contributed by atoms with Gasteiger partial charge in [-0.2, -0.15) is 0 Å². The Labute approximate surface area is 117 Å². The van der Waals surface area contributed by atoms with Crippen LogP contribution in [0, 0.1) is 5.41 Å². The number of nitrogens with two attached hydrogens (primary N) is 2. The highest BCUT2D eigenvalue weighted by Crippen LogP contribution is 2.66. The summed E-state index contributed by atoms with van der Waals surface area (Å²) in [6.45, 7) is 6.90. The van der Waals surface area contributed by atoms with E-state index < -0.39 is 0 Å². The van der Waals surface area contributed by atoms with Crippen molar-refractivity contribution in [3.8, 4) is 0 Å². The molecule has 2 aromatic heterocycles. The van der Waals surface area contributed by atoms with Gasteiger partial charge in [0.2, 0.25) is 0 Å². The van der Waals surface area contributed by atoms with Crippen LogP contribution in [-0.2, 0) is 5.41 Å². The molecule has 1 fully saturated rings. The second-order valence-corrected chi connectivity index (χ2v) is 6.77. The zero-order chi connectivity index (χ0) is 14.3. The maximum atomic E-state index is 5.90. The number of fused-ring (bicyclic) bond motifs is 6. The molecule has 20 heavy (non-hydrogen) atoms. The summed E-state index contributed by atoms with van der Waals surface area (Å²) in [5.41, 5.74) is 15.3. The lowest BCUT2D eigenvalue weighted by Gasteiger charge is -2.34. The van der Waals surface area contributed by atoms with Crippen LogP contribution in [0.25, 0.3) is 11.0 Å². The van der Waals surface area contributed by atoms with Crippen LogP contribution in [0.1, 0.15) is 50.9 Å². The highest BCUT2D eigenvalue weighted by atomic mass is 15.2. The van der Waals surface area contributed by atoms with E-state index in [-0.39, 0.29) is 10.8 Å². The maximum absolute atomic E-state index is 5.90. The number of rotatable bonds is 0. The number of aromatic nitrogens is 4. The third-order valence-corrected chi connectivity index (χ3v) is 5.75. The third kappa shape index (κ3) is 1.07. The van der Waals surface area contributed by atoms with E-state index in [0.29, 0.717) is 28.6 Å². The van der Waals surface area contributed by atoms with Gasteiger partial charge in [-0.05, 0) is 18.3 Å². The van der Waals surface area contributed by atoms with Crippen molar-refractivity contribution >= 4 is 22.7 Å². The third-order valence-electron chi connectivity index (χ3n) is 5.75. The molecule has 2 bridgehead atoms. The molecular formula is C14H18N6. The summed E-state index contributed by atoms with van der Waals surface area (Å²) >= 11 is 0. The van der Waals surface area contributed by atoms with E-state index in [2.05, 4.69) is 31.0 Å². The molecule has 6 heteroatoms. The Morgan fingerprint density at radius 3 is 2.25 bits per heavy atom. The summed E-state index contributed by atoms with van der Waals surface area (Å²) in [5.74, 6) is 1.04. The molecule has 104 valence electrons. The predicted molar refractivity (Wildman–Crippen MR) is 77.1 cm³/mol. The van der Waals surface area contributed by atoms with Crippen molar-refractivity contribution < 1.29 is 0 Å². The first-order valence-corrected chi connectivity index (χ1v) is 6.96. The van der Waals surface area contributed by atoms with Crippen LogP contribution in [0.15, 0.2) is 0 Å². The highest BCUT2D eigenvalue weighted by molar-refractivity contribution is 5.91. The van der Waals surface area contributed by atoms with Gasteiger partial charge >= 0.3 is 0 Å². The molecule has 0 aromatic carbocycles. The molecule has 4 rings (SSSR count). The topological polar surface area (TPSA) is 104 Å². The minimum absolute atomic E-state index is 0.0542. The molecule has 0 amide bonds. The van der Waals surface area contributed by atoms with Gasteiger partial charge in [0.15, 0.2) is 11.6 Å². The molecule has 2 aliphatic rings. The lowest BCUT2D eigenvalue weighted by Crippen LogP contribution is -2.32. The van der Waals surface area contributed by atoms with Gasteiger partial charge < -0.3 is 11.5 Å². The van der Waals surface area contributed by atoms with Crippen molar-refractivity contribution in [3.63, 3.8) is 0 Å². The van der Waals surface area contributed by atoms with Crippen LogP contribution in [0.3, 0.4) is 0 Å². The highest BCUT2D eigenvalue weighted by Gasteiger charge is 2.61. The van der Waals surface area contributed by atoms with E-state index >= 15 is 0 Å². The van der Waals surface area contributed by atoms with E-state index in [0.717, 1.165) is 24.2 Å². The van der Waals surface area contributed by atoms with Gasteiger partial charge in [-0.1, -0.05) is 20.8 Å². The fourth-order valence-electron chi connectivity index (χ4n) is 4.06. The Balaban J connectivity index is 2.11. The van der Waals surface area contributed by atoms with Crippen LogP contribution < -0.4 is 11.5 Å². The first kappa shape index (κ1) is 11.8. The summed E-state index contributed by atoms with van der Waals surface area (Å²) in [4.78, 5) is 9.57. The van der Waals surface area contributed by atoms with Crippen molar-refractivity contribution in [3.05, 3.63) is 11.4 Å². The van der Waals surface area contributed by atoms with Gasteiger partial charge in [-0.3, -0.25) is 0 Å². The van der Waals surface area contributed by atoms with Crippen molar-refractivity contribution in [2.45, 2.75) is 44.9 Å². The summed E-state index contributed by atoms with van der Waals surface area (Å²) < 4.78 is 0. The monoisotopic (exact) mass is 270 g/mol. The van der Waals surface area contributed by atoms with Crippen molar-refractivity contribution in [2.24, 2.45) is 5.41 Å². The summed E-state index contributed by atoms with van der Waals surface area (Å²) in [5, 5.41) is 7.70. The van der Waals surface area contributed by atoms with E-state index in [1.165, 1.54) is 0 Å². The molecule has 0 spiro atoms. The standard InChI is InChI=1S/C14H18N6/c1-13(2)6-4-5-14(13,3)10-7(6)17-8-9(18-10)12(16)20-19-11(8)15/h6H,4-5H2,1-3H3,(H2,15,19)(H2,16,20). The Hall–Kier alpha value is -1.98. The van der Waals surface area contributed by atoms with Crippen LogP contribution >= 0.6 is 0 Å². The maximum Gasteiger partial charge on any atom is 0.174 e. The minimum Gasteiger partial charge on any atom is -0.380 e. The molecular weight excluding hydrogens is 252 g/mol. The van der Waals surface area contributed by atoms with Crippen molar-refractivity contribution in [2.75, 3.05) is 11.5 Å². The minimum atomic E-state index is 0.0542. The lowest BCUT2D eigenvalue weighted by molar-refractivity contribution is 0.227. The van der Waals surface area contributed by atoms with Crippen molar-refractivity contribution in [1.29, 1.82) is 0 Å². The molecule has 2 heterocycles. The zero-order valence-corrected chi connectivity index (χ0v) is 11.9.